The molecule has 1 N–H and O–H groups in total. The second-order valence-corrected chi connectivity index (χ2v) is 4.71. The summed E-state index contributed by atoms with van der Waals surface area (Å²) in [5.41, 5.74) is 1.73. The largest absolute Gasteiger partial charge is 0.478 e. The minimum atomic E-state index is -1.01. The fourth-order valence-corrected chi connectivity index (χ4v) is 1.86. The number of ether oxygens (including phenoxy) is 1. The fourth-order valence-electron chi connectivity index (χ4n) is 1.70. The highest BCUT2D eigenvalue weighted by Crippen LogP contribution is 2.29. The zero-order valence-corrected chi connectivity index (χ0v) is 11.6. The van der Waals surface area contributed by atoms with Gasteiger partial charge in [0.25, 0.3) is 0 Å². The van der Waals surface area contributed by atoms with E-state index in [4.69, 9.17) is 21.4 Å². The van der Waals surface area contributed by atoms with Crippen LogP contribution in [0.25, 0.3) is 6.08 Å². The molecule has 0 heterocycles. The van der Waals surface area contributed by atoms with E-state index in [1.165, 1.54) is 6.08 Å². The lowest BCUT2D eigenvalue weighted by atomic mass is 10.2. The van der Waals surface area contributed by atoms with Gasteiger partial charge in [-0.25, -0.2) is 4.79 Å². The minimum absolute atomic E-state index is 0.514. The van der Waals surface area contributed by atoms with E-state index in [9.17, 15) is 4.79 Å². The van der Waals surface area contributed by atoms with Gasteiger partial charge in [0, 0.05) is 22.7 Å². The van der Waals surface area contributed by atoms with E-state index in [1.54, 1.807) is 18.2 Å². The van der Waals surface area contributed by atoms with Crippen LogP contribution in [0.2, 0.25) is 5.02 Å². The molecule has 3 nitrogen and oxygen atoms in total. The Hall–Kier alpha value is -2.26. The van der Waals surface area contributed by atoms with Crippen LogP contribution in [0, 0.1) is 6.92 Å². The third-order valence-electron chi connectivity index (χ3n) is 2.60. The van der Waals surface area contributed by atoms with E-state index in [2.05, 4.69) is 0 Å². The SMILES string of the molecule is Cc1cccc(Oc2cc(Cl)ccc2/C=C/C(=O)O)c1. The van der Waals surface area contributed by atoms with Crippen LogP contribution in [0.3, 0.4) is 0 Å². The Labute approximate surface area is 122 Å². The number of halogens is 1. The average Bonchev–Trinajstić information content (AvgIpc) is 2.37. The summed E-state index contributed by atoms with van der Waals surface area (Å²) in [5.74, 6) is 0.180. The number of rotatable bonds is 4. The van der Waals surface area contributed by atoms with E-state index in [0.29, 0.717) is 22.1 Å². The van der Waals surface area contributed by atoms with Crippen molar-refractivity contribution in [1.29, 1.82) is 0 Å². The summed E-state index contributed by atoms with van der Waals surface area (Å²) in [6.07, 6.45) is 2.54. The van der Waals surface area contributed by atoms with Gasteiger partial charge in [0.2, 0.25) is 0 Å². The van der Waals surface area contributed by atoms with Crippen molar-refractivity contribution in [2.45, 2.75) is 6.92 Å². The van der Waals surface area contributed by atoms with Crippen molar-refractivity contribution in [3.63, 3.8) is 0 Å². The number of carbonyl (C=O) groups is 1. The first kappa shape index (κ1) is 14.2. The molecule has 0 saturated heterocycles. The molecule has 2 rings (SSSR count). The van der Waals surface area contributed by atoms with Crippen LogP contribution in [-0.2, 0) is 4.79 Å². The molecule has 4 heteroatoms. The Morgan fingerprint density at radius 3 is 2.75 bits per heavy atom. The third kappa shape index (κ3) is 3.87. The first-order valence-corrected chi connectivity index (χ1v) is 6.37. The number of aliphatic carboxylic acids is 1. The Morgan fingerprint density at radius 1 is 1.25 bits per heavy atom. The number of benzene rings is 2. The molecule has 0 unspecified atom stereocenters. The maximum Gasteiger partial charge on any atom is 0.328 e. The van der Waals surface area contributed by atoms with E-state index in [1.807, 2.05) is 31.2 Å². The molecule has 0 fully saturated rings. The summed E-state index contributed by atoms with van der Waals surface area (Å²) in [7, 11) is 0. The monoisotopic (exact) mass is 288 g/mol. The molecule has 0 spiro atoms. The zero-order chi connectivity index (χ0) is 14.5. The van der Waals surface area contributed by atoms with E-state index in [0.717, 1.165) is 11.6 Å². The fraction of sp³-hybridized carbons (Fsp3) is 0.0625. The van der Waals surface area contributed by atoms with Crippen molar-refractivity contribution < 1.29 is 14.6 Å². The van der Waals surface area contributed by atoms with Crippen LogP contribution in [0.4, 0.5) is 0 Å². The third-order valence-corrected chi connectivity index (χ3v) is 2.83. The molecule has 0 aliphatic heterocycles. The molecule has 0 aromatic heterocycles. The molecule has 102 valence electrons. The normalized spacial score (nSPS) is 10.7. The summed E-state index contributed by atoms with van der Waals surface area (Å²) in [4.78, 5) is 10.6. The second-order valence-electron chi connectivity index (χ2n) is 4.27. The highest BCUT2D eigenvalue weighted by molar-refractivity contribution is 6.30. The highest BCUT2D eigenvalue weighted by Gasteiger charge is 2.05. The number of carboxylic acids is 1. The topological polar surface area (TPSA) is 46.5 Å². The molecule has 2 aromatic carbocycles. The number of hydrogen-bond donors (Lipinski definition) is 1. The van der Waals surface area contributed by atoms with Gasteiger partial charge in [-0.05, 0) is 42.8 Å². The molecule has 0 atom stereocenters. The Kier molecular flexibility index (Phi) is 4.43. The van der Waals surface area contributed by atoms with E-state index in [-0.39, 0.29) is 0 Å². The first-order valence-electron chi connectivity index (χ1n) is 6.00. The van der Waals surface area contributed by atoms with Gasteiger partial charge in [-0.2, -0.15) is 0 Å². The number of aryl methyl sites for hydroxylation is 1. The standard InChI is InChI=1S/C16H13ClO3/c1-11-3-2-4-14(9-11)20-15-10-13(17)7-5-12(15)6-8-16(18)19/h2-10H,1H3,(H,18,19)/b8-6+. The molecule has 0 amide bonds. The molecule has 0 bridgehead atoms. The van der Waals surface area contributed by atoms with Crippen molar-refractivity contribution in [2.24, 2.45) is 0 Å². The molecule has 0 saturated carbocycles. The lowest BCUT2D eigenvalue weighted by molar-refractivity contribution is -0.131. The molecular formula is C16H13ClO3. The summed E-state index contributed by atoms with van der Waals surface area (Å²) >= 11 is 5.96. The molecular weight excluding hydrogens is 276 g/mol. The van der Waals surface area contributed by atoms with Crippen LogP contribution < -0.4 is 4.74 Å². The van der Waals surface area contributed by atoms with Gasteiger partial charge in [0.1, 0.15) is 11.5 Å². The van der Waals surface area contributed by atoms with Crippen molar-refractivity contribution in [2.75, 3.05) is 0 Å². The maximum atomic E-state index is 10.6. The summed E-state index contributed by atoms with van der Waals surface area (Å²) < 4.78 is 5.77. The van der Waals surface area contributed by atoms with Gasteiger partial charge < -0.3 is 9.84 Å². The van der Waals surface area contributed by atoms with E-state index >= 15 is 0 Å². The summed E-state index contributed by atoms with van der Waals surface area (Å²) in [6, 6.07) is 12.6. The predicted octanol–water partition coefficient (Wildman–Crippen LogP) is 4.54. The quantitative estimate of drug-likeness (QED) is 0.840. The van der Waals surface area contributed by atoms with E-state index < -0.39 is 5.97 Å². The van der Waals surface area contributed by atoms with Crippen molar-refractivity contribution in [3.05, 3.63) is 64.7 Å². The minimum Gasteiger partial charge on any atom is -0.478 e. The van der Waals surface area contributed by atoms with Gasteiger partial charge in [-0.15, -0.1) is 0 Å². The van der Waals surface area contributed by atoms with Gasteiger partial charge in [-0.3, -0.25) is 0 Å². The Bertz CT molecular complexity index is 663. The van der Waals surface area contributed by atoms with Crippen molar-refractivity contribution >= 4 is 23.6 Å². The van der Waals surface area contributed by atoms with Crippen molar-refractivity contribution in [1.82, 2.24) is 0 Å². The lowest BCUT2D eigenvalue weighted by Gasteiger charge is -2.10. The van der Waals surface area contributed by atoms with Gasteiger partial charge >= 0.3 is 5.97 Å². The average molecular weight is 289 g/mol. The summed E-state index contributed by atoms with van der Waals surface area (Å²) in [5, 5.41) is 9.22. The molecule has 0 aliphatic rings. The van der Waals surface area contributed by atoms with Crippen molar-refractivity contribution in [3.8, 4) is 11.5 Å². The molecule has 20 heavy (non-hydrogen) atoms. The molecule has 0 radical (unpaired) electrons. The molecule has 0 aliphatic carbocycles. The van der Waals surface area contributed by atoms with Crippen LogP contribution in [-0.4, -0.2) is 11.1 Å². The summed E-state index contributed by atoms with van der Waals surface area (Å²) in [6.45, 7) is 1.97. The highest BCUT2D eigenvalue weighted by atomic mass is 35.5. The van der Waals surface area contributed by atoms with Gasteiger partial charge in [0.05, 0.1) is 0 Å². The smallest absolute Gasteiger partial charge is 0.328 e. The van der Waals surface area contributed by atoms with Gasteiger partial charge in [0.15, 0.2) is 0 Å². The Balaban J connectivity index is 2.34. The van der Waals surface area contributed by atoms with Gasteiger partial charge in [-0.1, -0.05) is 23.7 Å². The zero-order valence-electron chi connectivity index (χ0n) is 10.8. The second kappa shape index (κ2) is 6.26. The predicted molar refractivity (Wildman–Crippen MR) is 79.4 cm³/mol. The van der Waals surface area contributed by atoms with Crippen LogP contribution >= 0.6 is 11.6 Å². The first-order chi connectivity index (χ1) is 9.54. The van der Waals surface area contributed by atoms with Crippen LogP contribution in [0.1, 0.15) is 11.1 Å². The number of carboxylic acid groups (broad SMARTS) is 1. The maximum absolute atomic E-state index is 10.6. The molecule has 2 aromatic rings. The Morgan fingerprint density at radius 2 is 2.05 bits per heavy atom. The number of hydrogen-bond acceptors (Lipinski definition) is 2. The lowest BCUT2D eigenvalue weighted by Crippen LogP contribution is -1.90. The van der Waals surface area contributed by atoms with Crippen LogP contribution in [0.5, 0.6) is 11.5 Å². The van der Waals surface area contributed by atoms with Crippen LogP contribution in [0.15, 0.2) is 48.5 Å².